The lowest BCUT2D eigenvalue weighted by Crippen LogP contribution is -2.26. The van der Waals surface area contributed by atoms with Gasteiger partial charge in [0.2, 0.25) is 10.0 Å². The van der Waals surface area contributed by atoms with Crippen molar-refractivity contribution < 1.29 is 22.7 Å². The maximum atomic E-state index is 12.3. The van der Waals surface area contributed by atoms with Gasteiger partial charge in [0.1, 0.15) is 17.3 Å². The SMILES string of the molecule is Cc1cc(C(O)CCNS(=O)(=O)c2ccc(OCC(C)C)cc2)c(C)o1. The Morgan fingerprint density at radius 1 is 1.19 bits per heavy atom. The van der Waals surface area contributed by atoms with Crippen molar-refractivity contribution in [3.05, 3.63) is 47.4 Å². The number of nitrogens with one attached hydrogen (secondary N) is 1. The van der Waals surface area contributed by atoms with Gasteiger partial charge in [-0.15, -0.1) is 0 Å². The van der Waals surface area contributed by atoms with E-state index in [0.29, 0.717) is 29.6 Å². The minimum atomic E-state index is -3.63. The third-order valence-corrected chi connectivity index (χ3v) is 5.34. The molecule has 0 spiro atoms. The molecule has 1 aromatic carbocycles. The summed E-state index contributed by atoms with van der Waals surface area (Å²) < 4.78 is 38.1. The molecule has 1 atom stereocenters. The van der Waals surface area contributed by atoms with E-state index in [9.17, 15) is 13.5 Å². The van der Waals surface area contributed by atoms with Crippen molar-refractivity contribution >= 4 is 10.0 Å². The third kappa shape index (κ3) is 5.59. The Morgan fingerprint density at radius 2 is 1.85 bits per heavy atom. The zero-order valence-corrected chi connectivity index (χ0v) is 16.5. The first-order valence-corrected chi connectivity index (χ1v) is 10.1. The number of aryl methyl sites for hydroxylation is 2. The third-order valence-electron chi connectivity index (χ3n) is 3.87. The normalized spacial score (nSPS) is 13.2. The Morgan fingerprint density at radius 3 is 2.38 bits per heavy atom. The van der Waals surface area contributed by atoms with Crippen LogP contribution in [-0.4, -0.2) is 26.7 Å². The molecule has 0 saturated heterocycles. The van der Waals surface area contributed by atoms with E-state index in [1.54, 1.807) is 32.0 Å². The summed E-state index contributed by atoms with van der Waals surface area (Å²) >= 11 is 0. The summed E-state index contributed by atoms with van der Waals surface area (Å²) in [5, 5.41) is 10.2. The van der Waals surface area contributed by atoms with Gasteiger partial charge in [-0.25, -0.2) is 13.1 Å². The summed E-state index contributed by atoms with van der Waals surface area (Å²) in [6, 6.07) is 8.08. The first-order chi connectivity index (χ1) is 12.2. The van der Waals surface area contributed by atoms with Gasteiger partial charge in [0.25, 0.3) is 0 Å². The van der Waals surface area contributed by atoms with Gasteiger partial charge >= 0.3 is 0 Å². The molecule has 6 nitrogen and oxygen atoms in total. The van der Waals surface area contributed by atoms with E-state index in [4.69, 9.17) is 9.15 Å². The van der Waals surface area contributed by atoms with E-state index in [1.807, 2.05) is 13.8 Å². The maximum absolute atomic E-state index is 12.3. The number of aliphatic hydroxyl groups excluding tert-OH is 1. The Bertz CT molecular complexity index is 809. The molecule has 0 fully saturated rings. The molecule has 1 heterocycles. The minimum Gasteiger partial charge on any atom is -0.493 e. The van der Waals surface area contributed by atoms with E-state index in [0.717, 1.165) is 5.76 Å². The number of aliphatic hydroxyl groups is 1. The van der Waals surface area contributed by atoms with Gasteiger partial charge in [-0.1, -0.05) is 13.8 Å². The molecule has 2 aromatic rings. The van der Waals surface area contributed by atoms with Crippen LogP contribution in [0, 0.1) is 19.8 Å². The zero-order valence-electron chi connectivity index (χ0n) is 15.7. The molecule has 0 aliphatic rings. The molecule has 0 radical (unpaired) electrons. The largest absolute Gasteiger partial charge is 0.493 e. The van der Waals surface area contributed by atoms with Crippen LogP contribution in [0.25, 0.3) is 0 Å². The number of benzene rings is 1. The molecule has 2 rings (SSSR count). The Labute approximate surface area is 155 Å². The minimum absolute atomic E-state index is 0.124. The summed E-state index contributed by atoms with van der Waals surface area (Å²) in [5.41, 5.74) is 0.688. The zero-order chi connectivity index (χ0) is 19.3. The monoisotopic (exact) mass is 381 g/mol. The molecule has 1 unspecified atom stereocenters. The van der Waals surface area contributed by atoms with Crippen molar-refractivity contribution in [1.82, 2.24) is 4.72 Å². The van der Waals surface area contributed by atoms with Crippen molar-refractivity contribution in [2.75, 3.05) is 13.2 Å². The predicted octanol–water partition coefficient (Wildman–Crippen LogP) is 3.33. The smallest absolute Gasteiger partial charge is 0.240 e. The van der Waals surface area contributed by atoms with Crippen molar-refractivity contribution in [2.24, 2.45) is 5.92 Å². The van der Waals surface area contributed by atoms with Crippen LogP contribution < -0.4 is 9.46 Å². The van der Waals surface area contributed by atoms with E-state index in [2.05, 4.69) is 4.72 Å². The second kappa shape index (κ2) is 8.70. The number of ether oxygens (including phenoxy) is 1. The number of hydrogen-bond acceptors (Lipinski definition) is 5. The molecule has 0 amide bonds. The van der Waals surface area contributed by atoms with E-state index >= 15 is 0 Å². The quantitative estimate of drug-likeness (QED) is 0.695. The Hall–Kier alpha value is -1.83. The van der Waals surface area contributed by atoms with E-state index in [1.165, 1.54) is 12.1 Å². The van der Waals surface area contributed by atoms with Gasteiger partial charge in [-0.3, -0.25) is 0 Å². The summed E-state index contributed by atoms with van der Waals surface area (Å²) in [5.74, 6) is 2.40. The summed E-state index contributed by atoms with van der Waals surface area (Å²) in [6.07, 6.45) is -0.517. The highest BCUT2D eigenvalue weighted by Gasteiger charge is 2.17. The molecular weight excluding hydrogens is 354 g/mol. The average Bonchev–Trinajstić information content (AvgIpc) is 2.91. The maximum Gasteiger partial charge on any atom is 0.240 e. The van der Waals surface area contributed by atoms with Gasteiger partial charge < -0.3 is 14.3 Å². The van der Waals surface area contributed by atoms with Gasteiger partial charge in [-0.05, 0) is 56.5 Å². The van der Waals surface area contributed by atoms with Crippen LogP contribution in [0.15, 0.2) is 39.6 Å². The number of hydrogen-bond donors (Lipinski definition) is 2. The first-order valence-electron chi connectivity index (χ1n) is 8.66. The molecule has 0 saturated carbocycles. The molecule has 26 heavy (non-hydrogen) atoms. The van der Waals surface area contributed by atoms with Crippen LogP contribution in [0.2, 0.25) is 0 Å². The molecule has 2 N–H and O–H groups in total. The predicted molar refractivity (Wildman–Crippen MR) is 99.7 cm³/mol. The lowest BCUT2D eigenvalue weighted by molar-refractivity contribution is 0.167. The Kier molecular flexibility index (Phi) is 6.86. The van der Waals surface area contributed by atoms with Crippen LogP contribution in [-0.2, 0) is 10.0 Å². The average molecular weight is 381 g/mol. The van der Waals surface area contributed by atoms with Gasteiger partial charge in [0.05, 0.1) is 17.6 Å². The van der Waals surface area contributed by atoms with Gasteiger partial charge in [0, 0.05) is 12.1 Å². The lowest BCUT2D eigenvalue weighted by atomic mass is 10.1. The molecule has 7 heteroatoms. The lowest BCUT2D eigenvalue weighted by Gasteiger charge is -2.12. The summed E-state index contributed by atoms with van der Waals surface area (Å²) in [4.78, 5) is 0.166. The molecule has 0 bridgehead atoms. The summed E-state index contributed by atoms with van der Waals surface area (Å²) in [6.45, 7) is 8.38. The highest BCUT2D eigenvalue weighted by atomic mass is 32.2. The Balaban J connectivity index is 1.91. The van der Waals surface area contributed by atoms with Crippen LogP contribution in [0.3, 0.4) is 0 Å². The van der Waals surface area contributed by atoms with Crippen LogP contribution in [0.5, 0.6) is 5.75 Å². The first kappa shape index (κ1) is 20.5. The second-order valence-electron chi connectivity index (χ2n) is 6.75. The van der Waals surface area contributed by atoms with Crippen molar-refractivity contribution in [3.63, 3.8) is 0 Å². The fourth-order valence-corrected chi connectivity index (χ4v) is 3.58. The molecule has 144 valence electrons. The van der Waals surface area contributed by atoms with Crippen molar-refractivity contribution in [1.29, 1.82) is 0 Å². The highest BCUT2D eigenvalue weighted by molar-refractivity contribution is 7.89. The fraction of sp³-hybridized carbons (Fsp3) is 0.474. The van der Waals surface area contributed by atoms with Crippen LogP contribution in [0.1, 0.15) is 43.5 Å². The van der Waals surface area contributed by atoms with Gasteiger partial charge in [-0.2, -0.15) is 0 Å². The number of sulfonamides is 1. The van der Waals surface area contributed by atoms with Gasteiger partial charge in [0.15, 0.2) is 0 Å². The van der Waals surface area contributed by atoms with E-state index in [-0.39, 0.29) is 17.9 Å². The van der Waals surface area contributed by atoms with Crippen molar-refractivity contribution in [3.8, 4) is 5.75 Å². The molecule has 0 aliphatic carbocycles. The van der Waals surface area contributed by atoms with E-state index < -0.39 is 16.1 Å². The number of rotatable bonds is 9. The van der Waals surface area contributed by atoms with Crippen LogP contribution >= 0.6 is 0 Å². The second-order valence-corrected chi connectivity index (χ2v) is 8.51. The topological polar surface area (TPSA) is 88.8 Å². The molecular formula is C19H27NO5S. The standard InChI is InChI=1S/C19H27NO5S/c1-13(2)12-24-16-5-7-17(8-6-16)26(22,23)20-10-9-19(21)18-11-14(3)25-15(18)4/h5-8,11,13,19-21H,9-10,12H2,1-4H3. The van der Waals surface area contributed by atoms with Crippen LogP contribution in [0.4, 0.5) is 0 Å². The van der Waals surface area contributed by atoms with Crippen molar-refractivity contribution in [2.45, 2.75) is 45.1 Å². The summed E-state index contributed by atoms with van der Waals surface area (Å²) in [7, 11) is -3.63. The molecule has 1 aromatic heterocycles. The highest BCUT2D eigenvalue weighted by Crippen LogP contribution is 2.24. The molecule has 0 aliphatic heterocycles. The number of furan rings is 1. The fourth-order valence-electron chi connectivity index (χ4n) is 2.53.